The van der Waals surface area contributed by atoms with Crippen molar-refractivity contribution in [2.24, 2.45) is 16.8 Å². The van der Waals surface area contributed by atoms with Gasteiger partial charge in [-0.25, -0.2) is 14.6 Å². The third-order valence-electron chi connectivity index (χ3n) is 14.1. The maximum Gasteiger partial charge on any atom is 0.407 e. The number of methoxy groups -OCH3 is 3. The number of nitrogens with zero attached hydrogens (tertiary/aromatic N) is 4. The summed E-state index contributed by atoms with van der Waals surface area (Å²) in [6, 6.07) is 20.4. The maximum atomic E-state index is 14.4. The van der Waals surface area contributed by atoms with Crippen LogP contribution in [0.2, 0.25) is 0 Å². The number of aromatic nitrogens is 2. The first kappa shape index (κ1) is 44.9. The number of aliphatic imine (C=N–C) groups is 1. The zero-order valence-electron chi connectivity index (χ0n) is 37.9. The number of rotatable bonds is 13. The van der Waals surface area contributed by atoms with Crippen molar-refractivity contribution in [2.45, 2.75) is 82.1 Å². The SMILES string of the molecule is COC(=O)N[C@H](C(=O)N1[C@@H]2CC2C[C@H]1c1ncc(-c2ccc3c(c2)COc2cc4c5c(ccc4cc2-3)N=C([C@@H]2C[C@H](COC(F)F)CN2C(=O)[C@H](NC(=O)OC)c2ccccc2)C5)[nH]1)[C@@H](C)OC. The van der Waals surface area contributed by atoms with Gasteiger partial charge in [0.25, 0.3) is 0 Å². The Bertz CT molecular complexity index is 2820. The first-order valence-electron chi connectivity index (χ1n) is 22.7. The minimum absolute atomic E-state index is 0.0692. The monoisotopic (exact) mass is 931 g/mol. The van der Waals surface area contributed by atoms with E-state index in [1.54, 1.807) is 48.4 Å². The molecule has 1 saturated carbocycles. The molecule has 16 nitrogen and oxygen atoms in total. The quantitative estimate of drug-likeness (QED) is 0.108. The van der Waals surface area contributed by atoms with E-state index in [-0.39, 0.29) is 31.1 Å². The molecular weight excluding hydrogens is 881 g/mol. The number of hydrogen-bond donors (Lipinski definition) is 3. The maximum absolute atomic E-state index is 14.4. The Labute approximate surface area is 390 Å². The highest BCUT2D eigenvalue weighted by Crippen LogP contribution is 2.53. The van der Waals surface area contributed by atoms with Crippen molar-refractivity contribution in [3.63, 3.8) is 0 Å². The van der Waals surface area contributed by atoms with Crippen molar-refractivity contribution >= 4 is 46.2 Å². The van der Waals surface area contributed by atoms with Crippen LogP contribution in [-0.2, 0) is 41.6 Å². The molecule has 4 aliphatic heterocycles. The number of imidazole rings is 1. The lowest BCUT2D eigenvalue weighted by Gasteiger charge is -2.32. The van der Waals surface area contributed by atoms with Crippen LogP contribution >= 0.6 is 0 Å². The molecule has 1 aromatic heterocycles. The summed E-state index contributed by atoms with van der Waals surface area (Å²) >= 11 is 0. The van der Waals surface area contributed by atoms with Crippen molar-refractivity contribution in [1.29, 1.82) is 0 Å². The fourth-order valence-corrected chi connectivity index (χ4v) is 10.5. The van der Waals surface area contributed by atoms with Crippen molar-refractivity contribution in [3.05, 3.63) is 102 Å². The summed E-state index contributed by atoms with van der Waals surface area (Å²) in [5.41, 5.74) is 7.66. The van der Waals surface area contributed by atoms with E-state index < -0.39 is 54.9 Å². The molecule has 2 saturated heterocycles. The van der Waals surface area contributed by atoms with E-state index >= 15 is 0 Å². The van der Waals surface area contributed by atoms with E-state index in [0.29, 0.717) is 42.5 Å². The number of aromatic amines is 1. The second kappa shape index (κ2) is 18.3. The van der Waals surface area contributed by atoms with Crippen LogP contribution in [0.25, 0.3) is 33.2 Å². The number of amides is 4. The number of hydrogen-bond acceptors (Lipinski definition) is 11. The van der Waals surface area contributed by atoms with Crippen LogP contribution in [0.4, 0.5) is 24.1 Å². The van der Waals surface area contributed by atoms with Gasteiger partial charge in [-0.1, -0.05) is 48.5 Å². The molecular formula is C50H51F2N7O9. The molecule has 4 aromatic carbocycles. The largest absolute Gasteiger partial charge is 0.488 e. The number of carbonyl (C=O) groups excluding carboxylic acids is 4. The van der Waals surface area contributed by atoms with Gasteiger partial charge >= 0.3 is 18.8 Å². The summed E-state index contributed by atoms with van der Waals surface area (Å²) in [5.74, 6) is 0.713. The highest BCUT2D eigenvalue weighted by molar-refractivity contribution is 6.07. The average molecular weight is 932 g/mol. The molecule has 0 spiro atoms. The number of ether oxygens (including phenoxy) is 5. The number of fused-ring (bicyclic) bond motifs is 7. The van der Waals surface area contributed by atoms with E-state index in [9.17, 15) is 28.0 Å². The predicted octanol–water partition coefficient (Wildman–Crippen LogP) is 7.39. The Balaban J connectivity index is 0.885. The van der Waals surface area contributed by atoms with Gasteiger partial charge in [-0.15, -0.1) is 0 Å². The first-order chi connectivity index (χ1) is 32.9. The van der Waals surface area contributed by atoms with Gasteiger partial charge in [-0.3, -0.25) is 14.6 Å². The molecule has 10 rings (SSSR count). The Kier molecular flexibility index (Phi) is 12.1. The van der Waals surface area contributed by atoms with Crippen LogP contribution in [0, 0.1) is 11.8 Å². The molecule has 1 unspecified atom stereocenters. The molecule has 8 atom stereocenters. The normalized spacial score (nSPS) is 22.3. The van der Waals surface area contributed by atoms with Crippen LogP contribution in [-0.4, -0.2) is 115 Å². The minimum Gasteiger partial charge on any atom is -0.488 e. The highest BCUT2D eigenvalue weighted by atomic mass is 19.3. The van der Waals surface area contributed by atoms with E-state index in [4.69, 9.17) is 33.7 Å². The van der Waals surface area contributed by atoms with E-state index in [2.05, 4.69) is 33.8 Å². The Morgan fingerprint density at radius 1 is 0.897 bits per heavy atom. The lowest BCUT2D eigenvalue weighted by molar-refractivity contribution is -0.139. The Hall–Kier alpha value is -6.92. The average Bonchev–Trinajstić information content (AvgIpc) is 3.83. The van der Waals surface area contributed by atoms with Gasteiger partial charge in [0.1, 0.15) is 30.3 Å². The number of carbonyl (C=O) groups is 4. The molecule has 5 aliphatic rings. The second-order valence-corrected chi connectivity index (χ2v) is 18.1. The van der Waals surface area contributed by atoms with Gasteiger partial charge in [-0.05, 0) is 95.0 Å². The molecule has 5 heterocycles. The van der Waals surface area contributed by atoms with Gasteiger partial charge in [-0.2, -0.15) is 8.78 Å². The summed E-state index contributed by atoms with van der Waals surface area (Å²) in [7, 11) is 3.97. The molecule has 1 aliphatic carbocycles. The summed E-state index contributed by atoms with van der Waals surface area (Å²) in [4.78, 5) is 69.9. The molecule has 68 heavy (non-hydrogen) atoms. The standard InChI is InChI=1S/C50H51F2N7O9/c1-25(64-2)43(56-49(62)65-3)47(61)59-39-17-30(39)18-41(59)45-53-21-38(55-45)29-10-12-32-31(15-29)24-67-42-20-33-28(16-35(32)42)11-13-36-34(33)19-37(54-36)40-14-26(23-68-48(51)52)22-58(40)46(60)44(57-50(63)66-4)27-8-6-5-7-9-27/h5-13,15-16,20-21,25-26,30,39-41,43-44,48H,14,17-19,22-24H2,1-4H3,(H,53,55)(H,56,62)(H,57,63)/t25-,26+,30?,39-,40+,41+,43+,44-/m1/s1. The number of alkyl carbamates (subject to hydrolysis) is 2. The molecule has 3 fully saturated rings. The molecule has 4 amide bonds. The number of nitrogens with one attached hydrogen (secondary N) is 3. The van der Waals surface area contributed by atoms with Gasteiger partial charge in [0.15, 0.2) is 0 Å². The number of likely N-dealkylation sites (tertiary alicyclic amines) is 2. The van der Waals surface area contributed by atoms with Crippen LogP contribution in [0.1, 0.15) is 60.8 Å². The number of benzene rings is 4. The first-order valence-corrected chi connectivity index (χ1v) is 22.7. The topological polar surface area (TPSA) is 186 Å². The number of piperidine rings is 1. The molecule has 3 N–H and O–H groups in total. The van der Waals surface area contributed by atoms with Crippen LogP contribution in [0.5, 0.6) is 5.75 Å². The van der Waals surface area contributed by atoms with Crippen molar-refractivity contribution in [2.75, 3.05) is 34.5 Å². The summed E-state index contributed by atoms with van der Waals surface area (Å²) in [5, 5.41) is 7.26. The molecule has 0 bridgehead atoms. The molecule has 18 heteroatoms. The minimum atomic E-state index is -2.95. The summed E-state index contributed by atoms with van der Waals surface area (Å²) < 4.78 is 52.8. The lowest BCUT2D eigenvalue weighted by atomic mass is 9.90. The highest BCUT2D eigenvalue weighted by Gasteiger charge is 2.56. The third-order valence-corrected chi connectivity index (χ3v) is 14.1. The van der Waals surface area contributed by atoms with Crippen LogP contribution in [0.15, 0.2) is 84.0 Å². The zero-order chi connectivity index (χ0) is 47.4. The van der Waals surface area contributed by atoms with E-state index in [1.165, 1.54) is 21.3 Å². The Morgan fingerprint density at radius 2 is 1.69 bits per heavy atom. The fourth-order valence-electron chi connectivity index (χ4n) is 10.5. The molecule has 0 radical (unpaired) electrons. The number of H-pyrrole nitrogens is 1. The molecule has 354 valence electrons. The van der Waals surface area contributed by atoms with E-state index in [1.807, 2.05) is 29.2 Å². The van der Waals surface area contributed by atoms with Crippen molar-refractivity contribution in [1.82, 2.24) is 30.4 Å². The summed E-state index contributed by atoms with van der Waals surface area (Å²) in [6.07, 6.45) is 2.15. The summed E-state index contributed by atoms with van der Waals surface area (Å²) in [6.45, 7) is -1.00. The van der Waals surface area contributed by atoms with Crippen molar-refractivity contribution < 1.29 is 51.6 Å². The third kappa shape index (κ3) is 8.39. The van der Waals surface area contributed by atoms with Gasteiger partial charge in [0.2, 0.25) is 11.8 Å². The lowest BCUT2D eigenvalue weighted by Crippen LogP contribution is -2.54. The zero-order valence-corrected chi connectivity index (χ0v) is 37.9. The predicted molar refractivity (Wildman–Crippen MR) is 244 cm³/mol. The van der Waals surface area contributed by atoms with Gasteiger partial charge < -0.3 is 49.1 Å². The Morgan fingerprint density at radius 3 is 2.46 bits per heavy atom. The molecule has 5 aromatic rings. The smallest absolute Gasteiger partial charge is 0.407 e. The second-order valence-electron chi connectivity index (χ2n) is 18.1. The van der Waals surface area contributed by atoms with Gasteiger partial charge in [0, 0.05) is 43.3 Å². The number of alkyl halides is 2. The van der Waals surface area contributed by atoms with Gasteiger partial charge in [0.05, 0.1) is 56.6 Å². The van der Waals surface area contributed by atoms with Crippen molar-refractivity contribution in [3.8, 4) is 28.1 Å². The number of halogens is 2. The fraction of sp³-hybridized carbons (Fsp3) is 0.400. The van der Waals surface area contributed by atoms with E-state index in [0.717, 1.165) is 68.6 Å². The van der Waals surface area contributed by atoms with Crippen LogP contribution < -0.4 is 15.4 Å². The van der Waals surface area contributed by atoms with Crippen LogP contribution in [0.3, 0.4) is 0 Å².